The molecule has 6 heteroatoms. The normalized spacial score (nSPS) is 11.0. The second-order valence-corrected chi connectivity index (χ2v) is 9.20. The Bertz CT molecular complexity index is 432. The SMILES string of the molecule is CCCCCCCCCCCCNN(CCCCCCCCCCCC)C(=O)C(=O)NN. The van der Waals surface area contributed by atoms with Crippen LogP contribution in [0.3, 0.4) is 0 Å². The lowest BCUT2D eigenvalue weighted by Gasteiger charge is -2.22. The zero-order chi connectivity index (χ0) is 23.7. The van der Waals surface area contributed by atoms with Crippen molar-refractivity contribution in [2.75, 3.05) is 13.1 Å². The molecule has 0 unspecified atom stereocenters. The van der Waals surface area contributed by atoms with Crippen LogP contribution < -0.4 is 16.7 Å². The molecule has 190 valence electrons. The first-order valence-electron chi connectivity index (χ1n) is 13.7. The van der Waals surface area contributed by atoms with Gasteiger partial charge in [0.2, 0.25) is 0 Å². The van der Waals surface area contributed by atoms with E-state index in [0.29, 0.717) is 6.54 Å². The number of rotatable bonds is 23. The molecule has 0 radical (unpaired) electrons. The number of carbonyl (C=O) groups excluding carboxylic acids is 2. The van der Waals surface area contributed by atoms with Crippen LogP contribution in [-0.2, 0) is 9.59 Å². The summed E-state index contributed by atoms with van der Waals surface area (Å²) in [5.74, 6) is 3.81. The number of hydrogen-bond acceptors (Lipinski definition) is 4. The predicted molar refractivity (Wildman–Crippen MR) is 136 cm³/mol. The summed E-state index contributed by atoms with van der Waals surface area (Å²) in [6.45, 7) is 5.78. The van der Waals surface area contributed by atoms with Gasteiger partial charge in [0.25, 0.3) is 0 Å². The number of hydrazine groups is 2. The minimum absolute atomic E-state index is 0.556. The van der Waals surface area contributed by atoms with Gasteiger partial charge in [-0.05, 0) is 12.8 Å². The van der Waals surface area contributed by atoms with Crippen molar-refractivity contribution in [3.63, 3.8) is 0 Å². The Labute approximate surface area is 198 Å². The molecule has 0 fully saturated rings. The molecule has 0 aromatic heterocycles. The van der Waals surface area contributed by atoms with Gasteiger partial charge in [0.15, 0.2) is 0 Å². The summed E-state index contributed by atoms with van der Waals surface area (Å²) >= 11 is 0. The summed E-state index contributed by atoms with van der Waals surface area (Å²) < 4.78 is 0. The zero-order valence-corrected chi connectivity index (χ0v) is 21.4. The molecule has 0 aromatic rings. The van der Waals surface area contributed by atoms with Crippen LogP contribution in [0.1, 0.15) is 142 Å². The first-order valence-corrected chi connectivity index (χ1v) is 13.7. The van der Waals surface area contributed by atoms with Gasteiger partial charge >= 0.3 is 11.8 Å². The van der Waals surface area contributed by atoms with Gasteiger partial charge in [0.05, 0.1) is 0 Å². The van der Waals surface area contributed by atoms with E-state index in [0.717, 1.165) is 32.2 Å². The van der Waals surface area contributed by atoms with E-state index >= 15 is 0 Å². The van der Waals surface area contributed by atoms with Gasteiger partial charge in [-0.3, -0.25) is 20.0 Å². The Morgan fingerprint density at radius 1 is 0.594 bits per heavy atom. The minimum atomic E-state index is -0.757. The van der Waals surface area contributed by atoms with Crippen molar-refractivity contribution in [3.8, 4) is 0 Å². The lowest BCUT2D eigenvalue weighted by molar-refractivity contribution is -0.148. The van der Waals surface area contributed by atoms with E-state index in [4.69, 9.17) is 5.84 Å². The van der Waals surface area contributed by atoms with Crippen LogP contribution in [0, 0.1) is 0 Å². The summed E-state index contributed by atoms with van der Waals surface area (Å²) in [4.78, 5) is 23.9. The highest BCUT2D eigenvalue weighted by Crippen LogP contribution is 2.12. The van der Waals surface area contributed by atoms with Crippen LogP contribution in [0.5, 0.6) is 0 Å². The molecule has 0 saturated carbocycles. The Balaban J connectivity index is 3.85. The van der Waals surface area contributed by atoms with Crippen LogP contribution in [0.2, 0.25) is 0 Å². The third-order valence-corrected chi connectivity index (χ3v) is 6.14. The summed E-state index contributed by atoms with van der Waals surface area (Å²) in [7, 11) is 0. The third-order valence-electron chi connectivity index (χ3n) is 6.14. The number of nitrogens with zero attached hydrogens (tertiary/aromatic N) is 1. The Morgan fingerprint density at radius 2 is 0.969 bits per heavy atom. The second kappa shape index (κ2) is 24.5. The largest absolute Gasteiger partial charge is 0.327 e. The van der Waals surface area contributed by atoms with Crippen molar-refractivity contribution < 1.29 is 9.59 Å². The van der Waals surface area contributed by atoms with Crippen LogP contribution >= 0.6 is 0 Å². The maximum absolute atomic E-state index is 12.3. The van der Waals surface area contributed by atoms with Crippen LogP contribution in [-0.4, -0.2) is 29.9 Å². The first-order chi connectivity index (χ1) is 15.7. The average Bonchev–Trinajstić information content (AvgIpc) is 2.81. The highest BCUT2D eigenvalue weighted by molar-refractivity contribution is 6.34. The average molecular weight is 455 g/mol. The van der Waals surface area contributed by atoms with Crippen molar-refractivity contribution >= 4 is 11.8 Å². The molecule has 0 aliphatic rings. The molecular weight excluding hydrogens is 400 g/mol. The summed E-state index contributed by atoms with van der Waals surface area (Å²) in [5.41, 5.74) is 5.12. The fourth-order valence-corrected chi connectivity index (χ4v) is 4.02. The maximum atomic E-state index is 12.3. The molecule has 6 nitrogen and oxygen atoms in total. The predicted octanol–water partition coefficient (Wildman–Crippen LogP) is 6.15. The number of nitrogens with two attached hydrogens (primary N) is 1. The van der Waals surface area contributed by atoms with E-state index < -0.39 is 11.8 Å². The monoisotopic (exact) mass is 454 g/mol. The Hall–Kier alpha value is -1.14. The van der Waals surface area contributed by atoms with E-state index in [9.17, 15) is 9.59 Å². The van der Waals surface area contributed by atoms with Gasteiger partial charge in [-0.15, -0.1) is 0 Å². The van der Waals surface area contributed by atoms with E-state index in [1.165, 1.54) is 108 Å². The summed E-state index contributed by atoms with van der Waals surface area (Å²) in [5, 5.41) is 1.46. The lowest BCUT2D eigenvalue weighted by Crippen LogP contribution is -2.51. The molecule has 0 heterocycles. The van der Waals surface area contributed by atoms with Crippen LogP contribution in [0.4, 0.5) is 0 Å². The molecule has 0 spiro atoms. The van der Waals surface area contributed by atoms with Gasteiger partial charge < -0.3 is 0 Å². The third kappa shape index (κ3) is 19.5. The van der Waals surface area contributed by atoms with Gasteiger partial charge in [0.1, 0.15) is 0 Å². The highest BCUT2D eigenvalue weighted by Gasteiger charge is 2.20. The van der Waals surface area contributed by atoms with Gasteiger partial charge in [-0.2, -0.15) is 0 Å². The number of hydrogen-bond donors (Lipinski definition) is 3. The molecular formula is C26H54N4O2. The molecule has 0 saturated heterocycles. The molecule has 32 heavy (non-hydrogen) atoms. The van der Waals surface area contributed by atoms with Gasteiger partial charge in [-0.1, -0.05) is 129 Å². The molecule has 2 amide bonds. The summed E-state index contributed by atoms with van der Waals surface area (Å²) in [6, 6.07) is 0. The van der Waals surface area contributed by atoms with Crippen molar-refractivity contribution in [2.45, 2.75) is 142 Å². The Kier molecular flexibility index (Phi) is 23.6. The van der Waals surface area contributed by atoms with Crippen LogP contribution in [0.15, 0.2) is 0 Å². The molecule has 0 atom stereocenters. The van der Waals surface area contributed by atoms with Gasteiger partial charge in [0, 0.05) is 13.1 Å². The number of nitrogens with one attached hydrogen (secondary N) is 2. The van der Waals surface area contributed by atoms with E-state index in [-0.39, 0.29) is 0 Å². The first kappa shape index (κ1) is 30.9. The van der Waals surface area contributed by atoms with Crippen molar-refractivity contribution in [2.24, 2.45) is 5.84 Å². The number of carbonyl (C=O) groups is 2. The second-order valence-electron chi connectivity index (χ2n) is 9.20. The maximum Gasteiger partial charge on any atom is 0.327 e. The number of unbranched alkanes of at least 4 members (excludes halogenated alkanes) is 18. The summed E-state index contributed by atoms with van der Waals surface area (Å²) in [6.07, 6.45) is 25.3. The lowest BCUT2D eigenvalue weighted by atomic mass is 10.1. The number of amides is 2. The van der Waals surface area contributed by atoms with Gasteiger partial charge in [-0.25, -0.2) is 11.3 Å². The smallest absolute Gasteiger partial charge is 0.286 e. The standard InChI is InChI=1S/C26H54N4O2/c1-3-5-7-9-11-13-15-17-19-21-23-28-30(26(32)25(31)29-27)24-22-20-18-16-14-12-10-8-6-4-2/h28H,3-24,27H2,1-2H3,(H,29,31). The molecule has 0 bridgehead atoms. The zero-order valence-electron chi connectivity index (χ0n) is 21.4. The minimum Gasteiger partial charge on any atom is -0.286 e. The van der Waals surface area contributed by atoms with Crippen molar-refractivity contribution in [1.82, 2.24) is 15.9 Å². The fourth-order valence-electron chi connectivity index (χ4n) is 4.02. The molecule has 0 aliphatic heterocycles. The van der Waals surface area contributed by atoms with E-state index in [1.807, 2.05) is 5.43 Å². The highest BCUT2D eigenvalue weighted by atomic mass is 16.2. The van der Waals surface area contributed by atoms with Crippen molar-refractivity contribution in [1.29, 1.82) is 0 Å². The molecule has 4 N–H and O–H groups in total. The van der Waals surface area contributed by atoms with E-state index in [1.54, 1.807) is 0 Å². The topological polar surface area (TPSA) is 87.5 Å². The van der Waals surface area contributed by atoms with E-state index in [2.05, 4.69) is 19.3 Å². The Morgan fingerprint density at radius 3 is 1.38 bits per heavy atom. The fraction of sp³-hybridized carbons (Fsp3) is 0.923. The van der Waals surface area contributed by atoms with Crippen molar-refractivity contribution in [3.05, 3.63) is 0 Å². The molecule has 0 aromatic carbocycles. The molecule has 0 rings (SSSR count). The quantitative estimate of drug-likeness (QED) is 0.0568. The van der Waals surface area contributed by atoms with Crippen LogP contribution in [0.25, 0.3) is 0 Å². The molecule has 0 aliphatic carbocycles.